The van der Waals surface area contributed by atoms with Crippen LogP contribution in [-0.4, -0.2) is 11.4 Å². The molecule has 2 unspecified atom stereocenters. The highest BCUT2D eigenvalue weighted by atomic mass is 16.1. The Morgan fingerprint density at radius 2 is 1.70 bits per heavy atom. The monoisotopic (exact) mass is 356 g/mol. The van der Waals surface area contributed by atoms with Gasteiger partial charge in [0.1, 0.15) is 0 Å². The number of carbonyl (C=O) groups is 1. The van der Waals surface area contributed by atoms with Crippen molar-refractivity contribution in [2.45, 2.75) is 31.2 Å². The molecule has 136 valence electrons. The topological polar surface area (TPSA) is 55.1 Å². The Hall–Kier alpha value is -2.91. The molecule has 27 heavy (non-hydrogen) atoms. The maximum absolute atomic E-state index is 12.6. The van der Waals surface area contributed by atoms with Gasteiger partial charge in [-0.25, -0.2) is 0 Å². The van der Waals surface area contributed by atoms with E-state index in [2.05, 4.69) is 30.4 Å². The fourth-order valence-electron chi connectivity index (χ4n) is 3.64. The quantitative estimate of drug-likeness (QED) is 0.660. The predicted octanol–water partition coefficient (Wildman–Crippen LogP) is 5.20. The second-order valence-corrected chi connectivity index (χ2v) is 7.37. The lowest BCUT2D eigenvalue weighted by molar-refractivity contribution is 0.102. The summed E-state index contributed by atoms with van der Waals surface area (Å²) in [6.07, 6.45) is 1.99. The van der Waals surface area contributed by atoms with Crippen molar-refractivity contribution in [2.75, 3.05) is 5.32 Å². The zero-order chi connectivity index (χ0) is 18.9. The molecule has 2 atom stereocenters. The molecule has 3 nitrogen and oxygen atoms in total. The van der Waals surface area contributed by atoms with E-state index in [4.69, 9.17) is 5.73 Å². The third-order valence-electron chi connectivity index (χ3n) is 5.58. The third kappa shape index (κ3) is 3.64. The first-order valence-corrected chi connectivity index (χ1v) is 9.45. The van der Waals surface area contributed by atoms with Crippen LogP contribution in [0.1, 0.15) is 41.6 Å². The number of benzene rings is 3. The van der Waals surface area contributed by atoms with Gasteiger partial charge in [0.25, 0.3) is 5.91 Å². The van der Waals surface area contributed by atoms with Gasteiger partial charge < -0.3 is 11.1 Å². The van der Waals surface area contributed by atoms with Crippen LogP contribution in [0.15, 0.2) is 78.9 Å². The lowest BCUT2D eigenvalue weighted by atomic mass is 10.0. The lowest BCUT2D eigenvalue weighted by Crippen LogP contribution is -2.22. The summed E-state index contributed by atoms with van der Waals surface area (Å²) in [5.41, 5.74) is 11.2. The fourth-order valence-corrected chi connectivity index (χ4v) is 3.64. The maximum Gasteiger partial charge on any atom is 0.255 e. The van der Waals surface area contributed by atoms with Crippen molar-refractivity contribution in [3.05, 3.63) is 90.0 Å². The van der Waals surface area contributed by atoms with E-state index in [0.29, 0.717) is 11.5 Å². The van der Waals surface area contributed by atoms with Crippen LogP contribution >= 0.6 is 0 Å². The molecule has 0 aliphatic heterocycles. The average molecular weight is 356 g/mol. The van der Waals surface area contributed by atoms with Gasteiger partial charge in [0.05, 0.1) is 0 Å². The SMILES string of the molecule is CCC1(N)CC1c1cccc(NC(=O)c2ccc(-c3ccccc3)cc2)c1. The van der Waals surface area contributed by atoms with Gasteiger partial charge in [-0.1, -0.05) is 61.5 Å². The average Bonchev–Trinajstić information content (AvgIpc) is 3.41. The largest absolute Gasteiger partial charge is 0.325 e. The third-order valence-corrected chi connectivity index (χ3v) is 5.58. The minimum absolute atomic E-state index is 0.0735. The van der Waals surface area contributed by atoms with Gasteiger partial charge in [0.2, 0.25) is 0 Å². The highest BCUT2D eigenvalue weighted by Crippen LogP contribution is 2.51. The Labute approximate surface area is 160 Å². The number of amides is 1. The highest BCUT2D eigenvalue weighted by molar-refractivity contribution is 6.04. The van der Waals surface area contributed by atoms with E-state index in [1.165, 1.54) is 5.56 Å². The van der Waals surface area contributed by atoms with Crippen molar-refractivity contribution in [3.63, 3.8) is 0 Å². The number of hydrogen-bond donors (Lipinski definition) is 2. The van der Waals surface area contributed by atoms with Crippen molar-refractivity contribution in [1.82, 2.24) is 0 Å². The Kier molecular flexibility index (Phi) is 4.54. The van der Waals surface area contributed by atoms with Gasteiger partial charge in [-0.05, 0) is 53.8 Å². The molecule has 3 heteroatoms. The second kappa shape index (κ2) is 7.01. The molecular weight excluding hydrogens is 332 g/mol. The van der Waals surface area contributed by atoms with Crippen LogP contribution in [0.2, 0.25) is 0 Å². The Bertz CT molecular complexity index is 950. The normalized spacial score (nSPS) is 20.9. The summed E-state index contributed by atoms with van der Waals surface area (Å²) in [4.78, 5) is 12.6. The van der Waals surface area contributed by atoms with E-state index in [1.54, 1.807) is 0 Å². The van der Waals surface area contributed by atoms with Crippen molar-refractivity contribution in [1.29, 1.82) is 0 Å². The first-order valence-electron chi connectivity index (χ1n) is 9.45. The summed E-state index contributed by atoms with van der Waals surface area (Å²) in [6, 6.07) is 25.9. The summed E-state index contributed by atoms with van der Waals surface area (Å²) in [7, 11) is 0. The molecule has 1 saturated carbocycles. The van der Waals surface area contributed by atoms with Crippen LogP contribution < -0.4 is 11.1 Å². The van der Waals surface area contributed by atoms with E-state index in [1.807, 2.05) is 60.7 Å². The van der Waals surface area contributed by atoms with E-state index >= 15 is 0 Å². The zero-order valence-corrected chi connectivity index (χ0v) is 15.5. The molecular formula is C24H24N2O. The minimum atomic E-state index is -0.0999. The molecule has 1 aliphatic rings. The van der Waals surface area contributed by atoms with Crippen molar-refractivity contribution in [2.24, 2.45) is 5.73 Å². The summed E-state index contributed by atoms with van der Waals surface area (Å²) < 4.78 is 0. The van der Waals surface area contributed by atoms with Crippen LogP contribution in [-0.2, 0) is 0 Å². The molecule has 1 aliphatic carbocycles. The molecule has 4 rings (SSSR count). The standard InChI is InChI=1S/C24H24N2O/c1-2-24(25)16-22(24)20-9-6-10-21(15-20)26-23(27)19-13-11-18(12-14-19)17-7-4-3-5-8-17/h3-15,22H,2,16,25H2,1H3,(H,26,27). The van der Waals surface area contributed by atoms with E-state index in [9.17, 15) is 4.79 Å². The number of rotatable bonds is 5. The van der Waals surface area contributed by atoms with Gasteiger partial charge in [-0.2, -0.15) is 0 Å². The molecule has 1 amide bonds. The summed E-state index contributed by atoms with van der Waals surface area (Å²) in [6.45, 7) is 2.13. The van der Waals surface area contributed by atoms with E-state index in [0.717, 1.165) is 29.7 Å². The van der Waals surface area contributed by atoms with Crippen LogP contribution in [0.5, 0.6) is 0 Å². The van der Waals surface area contributed by atoms with Crippen LogP contribution in [0, 0.1) is 0 Å². The molecule has 0 spiro atoms. The smallest absolute Gasteiger partial charge is 0.255 e. The summed E-state index contributed by atoms with van der Waals surface area (Å²) in [5, 5.41) is 3.01. The Morgan fingerprint density at radius 3 is 2.37 bits per heavy atom. The molecule has 1 fully saturated rings. The lowest BCUT2D eigenvalue weighted by Gasteiger charge is -2.11. The summed E-state index contributed by atoms with van der Waals surface area (Å²) in [5.74, 6) is 0.293. The Balaban J connectivity index is 1.47. The number of nitrogens with two attached hydrogens (primary N) is 1. The first-order chi connectivity index (χ1) is 13.1. The van der Waals surface area contributed by atoms with Crippen molar-refractivity contribution < 1.29 is 4.79 Å². The fraction of sp³-hybridized carbons (Fsp3) is 0.208. The Morgan fingerprint density at radius 1 is 1.00 bits per heavy atom. The van der Waals surface area contributed by atoms with Crippen LogP contribution in [0.4, 0.5) is 5.69 Å². The number of anilines is 1. The molecule has 0 bridgehead atoms. The molecule has 3 aromatic rings. The van der Waals surface area contributed by atoms with Gasteiger partial charge >= 0.3 is 0 Å². The minimum Gasteiger partial charge on any atom is -0.325 e. The molecule has 0 aromatic heterocycles. The summed E-state index contributed by atoms with van der Waals surface area (Å²) >= 11 is 0. The van der Waals surface area contributed by atoms with Crippen molar-refractivity contribution >= 4 is 11.6 Å². The number of hydrogen-bond acceptors (Lipinski definition) is 2. The maximum atomic E-state index is 12.6. The molecule has 0 radical (unpaired) electrons. The van der Waals surface area contributed by atoms with Gasteiger partial charge in [-0.3, -0.25) is 4.79 Å². The van der Waals surface area contributed by atoms with Crippen molar-refractivity contribution in [3.8, 4) is 11.1 Å². The molecule has 3 N–H and O–H groups in total. The number of nitrogens with one attached hydrogen (secondary N) is 1. The zero-order valence-electron chi connectivity index (χ0n) is 15.5. The first kappa shape index (κ1) is 17.5. The molecule has 0 heterocycles. The van der Waals surface area contributed by atoms with Crippen LogP contribution in [0.25, 0.3) is 11.1 Å². The van der Waals surface area contributed by atoms with E-state index < -0.39 is 0 Å². The van der Waals surface area contributed by atoms with Gasteiger partial charge in [0, 0.05) is 22.7 Å². The van der Waals surface area contributed by atoms with Crippen LogP contribution in [0.3, 0.4) is 0 Å². The molecule has 3 aromatic carbocycles. The van der Waals surface area contributed by atoms with Gasteiger partial charge in [-0.15, -0.1) is 0 Å². The van der Waals surface area contributed by atoms with E-state index in [-0.39, 0.29) is 11.4 Å². The highest BCUT2D eigenvalue weighted by Gasteiger charge is 2.49. The van der Waals surface area contributed by atoms with Gasteiger partial charge in [0.15, 0.2) is 0 Å². The molecule has 0 saturated heterocycles. The number of carbonyl (C=O) groups excluding carboxylic acids is 1. The second-order valence-electron chi connectivity index (χ2n) is 7.37. The predicted molar refractivity (Wildman–Crippen MR) is 111 cm³/mol.